The van der Waals surface area contributed by atoms with Crippen LogP contribution in [0.5, 0.6) is 0 Å². The molecule has 0 aliphatic carbocycles. The van der Waals surface area contributed by atoms with E-state index in [-0.39, 0.29) is 24.0 Å². The highest BCUT2D eigenvalue weighted by atomic mass is 32.2. The number of aliphatic hydroxyl groups is 1. The van der Waals surface area contributed by atoms with Gasteiger partial charge in [-0.3, -0.25) is 9.59 Å². The van der Waals surface area contributed by atoms with Crippen LogP contribution in [0.1, 0.15) is 20.3 Å². The Morgan fingerprint density at radius 1 is 1.44 bits per heavy atom. The van der Waals surface area contributed by atoms with E-state index in [0.29, 0.717) is 5.75 Å². The molecule has 1 heterocycles. The second-order valence-corrected chi connectivity index (χ2v) is 5.63. The van der Waals surface area contributed by atoms with E-state index in [1.807, 2.05) is 0 Å². The standard InChI is InChI=1S/C11H17NO5S/c1-6(5-18-7(2)13)10(15)12-4-8(14)3-9(12)11(16)17/h6,8-9,14H,3-5H2,1-2H3,(H,16,17)/t6?,8-,9+/m1/s1. The lowest BCUT2D eigenvalue weighted by atomic mass is 10.1. The van der Waals surface area contributed by atoms with Gasteiger partial charge in [0, 0.05) is 31.6 Å². The predicted molar refractivity (Wildman–Crippen MR) is 66.1 cm³/mol. The molecule has 0 spiro atoms. The number of carbonyl (C=O) groups excluding carboxylic acids is 2. The maximum atomic E-state index is 12.0. The quantitative estimate of drug-likeness (QED) is 0.747. The minimum atomic E-state index is -1.11. The lowest BCUT2D eigenvalue weighted by Crippen LogP contribution is -2.43. The zero-order valence-electron chi connectivity index (χ0n) is 10.3. The lowest BCUT2D eigenvalue weighted by molar-refractivity contribution is -0.149. The van der Waals surface area contributed by atoms with Crippen molar-refractivity contribution in [3.63, 3.8) is 0 Å². The number of likely N-dealkylation sites (tertiary alicyclic amines) is 1. The summed E-state index contributed by atoms with van der Waals surface area (Å²) >= 11 is 1.04. The van der Waals surface area contributed by atoms with Gasteiger partial charge in [-0.05, 0) is 0 Å². The lowest BCUT2D eigenvalue weighted by Gasteiger charge is -2.24. The first-order chi connectivity index (χ1) is 8.32. The Morgan fingerprint density at radius 3 is 2.56 bits per heavy atom. The Hall–Kier alpha value is -1.08. The number of hydrogen-bond acceptors (Lipinski definition) is 5. The number of rotatable bonds is 4. The van der Waals surface area contributed by atoms with Crippen LogP contribution in [-0.2, 0) is 14.4 Å². The van der Waals surface area contributed by atoms with E-state index in [1.165, 1.54) is 11.8 Å². The molecule has 6 nitrogen and oxygen atoms in total. The fourth-order valence-corrected chi connectivity index (χ4v) is 2.52. The van der Waals surface area contributed by atoms with Crippen LogP contribution in [0.4, 0.5) is 0 Å². The second kappa shape index (κ2) is 6.19. The molecule has 0 saturated carbocycles. The molecule has 1 aliphatic rings. The molecule has 2 N–H and O–H groups in total. The summed E-state index contributed by atoms with van der Waals surface area (Å²) in [5, 5.41) is 18.4. The first-order valence-electron chi connectivity index (χ1n) is 5.67. The Labute approximate surface area is 109 Å². The SMILES string of the molecule is CC(=O)SCC(C)C(=O)N1C[C@H](O)C[C@H]1C(=O)O. The molecule has 1 rings (SSSR count). The molecule has 0 aromatic heterocycles. The van der Waals surface area contributed by atoms with E-state index in [2.05, 4.69) is 0 Å². The zero-order chi connectivity index (χ0) is 13.9. The minimum Gasteiger partial charge on any atom is -0.480 e. The average molecular weight is 275 g/mol. The van der Waals surface area contributed by atoms with Gasteiger partial charge in [-0.2, -0.15) is 0 Å². The fourth-order valence-electron chi connectivity index (χ4n) is 1.89. The average Bonchev–Trinajstić information content (AvgIpc) is 2.67. The first-order valence-corrected chi connectivity index (χ1v) is 6.66. The largest absolute Gasteiger partial charge is 0.480 e. The van der Waals surface area contributed by atoms with Crippen molar-refractivity contribution in [2.45, 2.75) is 32.4 Å². The molecular weight excluding hydrogens is 258 g/mol. The number of hydrogen-bond donors (Lipinski definition) is 2. The number of carbonyl (C=O) groups is 3. The molecule has 102 valence electrons. The molecule has 0 bridgehead atoms. The molecule has 7 heteroatoms. The van der Waals surface area contributed by atoms with Crippen molar-refractivity contribution in [1.29, 1.82) is 0 Å². The summed E-state index contributed by atoms with van der Waals surface area (Å²) in [6, 6.07) is -0.961. The van der Waals surface area contributed by atoms with Crippen LogP contribution < -0.4 is 0 Å². The van der Waals surface area contributed by atoms with E-state index in [9.17, 15) is 19.5 Å². The predicted octanol–water partition coefficient (Wildman–Crippen LogP) is -0.0514. The molecule has 1 saturated heterocycles. The monoisotopic (exact) mass is 275 g/mol. The smallest absolute Gasteiger partial charge is 0.326 e. The van der Waals surface area contributed by atoms with Crippen LogP contribution in [0.15, 0.2) is 0 Å². The third kappa shape index (κ3) is 3.71. The molecule has 0 radical (unpaired) electrons. The number of β-amino-alcohol motifs (C(OH)–C–C–N with tert-alkyl or cyclic N) is 1. The number of carboxylic acids is 1. The van der Waals surface area contributed by atoms with Crippen LogP contribution in [0.3, 0.4) is 0 Å². The van der Waals surface area contributed by atoms with Crippen molar-refractivity contribution in [3.05, 3.63) is 0 Å². The van der Waals surface area contributed by atoms with Crippen molar-refractivity contribution >= 4 is 28.8 Å². The zero-order valence-corrected chi connectivity index (χ0v) is 11.1. The Kier molecular flexibility index (Phi) is 5.15. The van der Waals surface area contributed by atoms with E-state index in [4.69, 9.17) is 5.11 Å². The maximum Gasteiger partial charge on any atom is 0.326 e. The van der Waals surface area contributed by atoms with Crippen LogP contribution >= 0.6 is 11.8 Å². The Bertz CT molecular complexity index is 359. The molecular formula is C11H17NO5S. The number of thioether (sulfide) groups is 1. The third-order valence-corrected chi connectivity index (χ3v) is 3.88. The highest BCUT2D eigenvalue weighted by Gasteiger charge is 2.40. The van der Waals surface area contributed by atoms with Crippen molar-refractivity contribution in [3.8, 4) is 0 Å². The maximum absolute atomic E-state index is 12.0. The van der Waals surface area contributed by atoms with E-state index in [0.717, 1.165) is 11.8 Å². The van der Waals surface area contributed by atoms with Gasteiger partial charge in [-0.1, -0.05) is 18.7 Å². The second-order valence-electron chi connectivity index (χ2n) is 4.44. The summed E-state index contributed by atoms with van der Waals surface area (Å²) in [6.45, 7) is 3.12. The highest BCUT2D eigenvalue weighted by Crippen LogP contribution is 2.22. The molecule has 1 amide bonds. The number of amides is 1. The van der Waals surface area contributed by atoms with Crippen molar-refractivity contribution < 1.29 is 24.6 Å². The van der Waals surface area contributed by atoms with E-state index in [1.54, 1.807) is 6.92 Å². The summed E-state index contributed by atoms with van der Waals surface area (Å²) in [4.78, 5) is 35.0. The van der Waals surface area contributed by atoms with Gasteiger partial charge in [0.1, 0.15) is 6.04 Å². The van der Waals surface area contributed by atoms with Gasteiger partial charge in [0.2, 0.25) is 5.91 Å². The number of nitrogens with zero attached hydrogens (tertiary/aromatic N) is 1. The van der Waals surface area contributed by atoms with E-state index < -0.39 is 24.0 Å². The Morgan fingerprint density at radius 2 is 2.06 bits per heavy atom. The highest BCUT2D eigenvalue weighted by molar-refractivity contribution is 8.13. The van der Waals surface area contributed by atoms with Gasteiger partial charge in [0.25, 0.3) is 0 Å². The van der Waals surface area contributed by atoms with Crippen molar-refractivity contribution in [2.24, 2.45) is 5.92 Å². The molecule has 3 atom stereocenters. The molecule has 18 heavy (non-hydrogen) atoms. The minimum absolute atomic E-state index is 0.0465. The summed E-state index contributed by atoms with van der Waals surface area (Å²) in [5.41, 5.74) is 0. The van der Waals surface area contributed by atoms with Gasteiger partial charge in [-0.25, -0.2) is 4.79 Å². The number of carboxylic acid groups (broad SMARTS) is 1. The van der Waals surface area contributed by atoms with Gasteiger partial charge in [0.05, 0.1) is 6.10 Å². The van der Waals surface area contributed by atoms with Crippen molar-refractivity contribution in [1.82, 2.24) is 4.90 Å². The van der Waals surface area contributed by atoms with Crippen LogP contribution in [0.25, 0.3) is 0 Å². The summed E-state index contributed by atoms with van der Waals surface area (Å²) < 4.78 is 0. The fraction of sp³-hybridized carbons (Fsp3) is 0.727. The normalized spacial score (nSPS) is 24.9. The van der Waals surface area contributed by atoms with Crippen molar-refractivity contribution in [2.75, 3.05) is 12.3 Å². The molecule has 1 unspecified atom stereocenters. The molecule has 0 aromatic rings. The summed E-state index contributed by atoms with van der Waals surface area (Å²) in [7, 11) is 0. The third-order valence-electron chi connectivity index (χ3n) is 2.81. The molecule has 1 aliphatic heterocycles. The van der Waals surface area contributed by atoms with Crippen LogP contribution in [0.2, 0.25) is 0 Å². The molecule has 1 fully saturated rings. The van der Waals surface area contributed by atoms with E-state index >= 15 is 0 Å². The van der Waals surface area contributed by atoms with Crippen LogP contribution in [0, 0.1) is 5.92 Å². The molecule has 0 aromatic carbocycles. The van der Waals surface area contributed by atoms with Gasteiger partial charge >= 0.3 is 5.97 Å². The topological polar surface area (TPSA) is 94.9 Å². The van der Waals surface area contributed by atoms with Gasteiger partial charge in [0.15, 0.2) is 5.12 Å². The Balaban J connectivity index is 2.64. The van der Waals surface area contributed by atoms with Gasteiger partial charge < -0.3 is 15.1 Å². The first kappa shape index (κ1) is 15.0. The van der Waals surface area contributed by atoms with Gasteiger partial charge in [-0.15, -0.1) is 0 Å². The number of aliphatic hydroxyl groups excluding tert-OH is 1. The summed E-state index contributed by atoms with van der Waals surface area (Å²) in [6.07, 6.45) is -0.726. The number of aliphatic carboxylic acids is 1. The van der Waals surface area contributed by atoms with Crippen LogP contribution in [-0.4, -0.2) is 56.5 Å². The summed E-state index contributed by atoms with van der Waals surface area (Å²) in [5.74, 6) is -1.54.